The summed E-state index contributed by atoms with van der Waals surface area (Å²) in [6.45, 7) is 0.558. The lowest BCUT2D eigenvalue weighted by Crippen LogP contribution is -2.19. The maximum Gasteiger partial charge on any atom is 0.324 e. The lowest BCUT2D eigenvalue weighted by atomic mass is 10.2. The van der Waals surface area contributed by atoms with E-state index >= 15 is 0 Å². The molecule has 0 spiro atoms. The van der Waals surface area contributed by atoms with Crippen LogP contribution < -0.4 is 4.90 Å². The number of nitrogens with zero attached hydrogens (tertiary/aromatic N) is 5. The summed E-state index contributed by atoms with van der Waals surface area (Å²) in [7, 11) is 3.90. The first kappa shape index (κ1) is 15.7. The van der Waals surface area contributed by atoms with E-state index in [9.17, 15) is 0 Å². The summed E-state index contributed by atoms with van der Waals surface area (Å²) in [4.78, 5) is 11.0. The van der Waals surface area contributed by atoms with Crippen molar-refractivity contribution < 1.29 is 4.52 Å². The van der Waals surface area contributed by atoms with Crippen LogP contribution in [-0.4, -0.2) is 26.7 Å². The number of benzene rings is 2. The molecule has 4 rings (SSSR count). The zero-order valence-corrected chi connectivity index (χ0v) is 14.6. The topological polar surface area (TPSA) is 60.0 Å². The van der Waals surface area contributed by atoms with Crippen molar-refractivity contribution >= 4 is 28.6 Å². The fraction of sp³-hybridized carbons (Fsp3) is 0.167. The van der Waals surface area contributed by atoms with Gasteiger partial charge >= 0.3 is 6.01 Å². The summed E-state index contributed by atoms with van der Waals surface area (Å²) >= 11 is 6.02. The Morgan fingerprint density at radius 1 is 1.12 bits per heavy atom. The Kier molecular flexibility index (Phi) is 3.89. The van der Waals surface area contributed by atoms with E-state index in [2.05, 4.69) is 25.8 Å². The number of hydrogen-bond donors (Lipinski definition) is 0. The molecule has 7 heteroatoms. The summed E-state index contributed by atoms with van der Waals surface area (Å²) in [5.41, 5.74) is 2.88. The minimum Gasteiger partial charge on any atom is -0.330 e. The molecule has 2 aromatic carbocycles. The predicted molar refractivity (Wildman–Crippen MR) is 97.6 cm³/mol. The van der Waals surface area contributed by atoms with Gasteiger partial charge in [-0.05, 0) is 24.3 Å². The number of halogens is 1. The van der Waals surface area contributed by atoms with Crippen LogP contribution in [0, 0.1) is 0 Å². The van der Waals surface area contributed by atoms with Crippen molar-refractivity contribution in [2.45, 2.75) is 6.54 Å². The molecule has 4 aromatic rings. The Labute approximate surface area is 149 Å². The van der Waals surface area contributed by atoms with E-state index in [1.165, 1.54) is 0 Å². The number of aryl methyl sites for hydroxylation is 1. The average molecular weight is 354 g/mol. The van der Waals surface area contributed by atoms with Gasteiger partial charge < -0.3 is 14.0 Å². The van der Waals surface area contributed by atoms with Crippen LogP contribution in [0.15, 0.2) is 53.1 Å². The Morgan fingerprint density at radius 3 is 2.76 bits per heavy atom. The minimum atomic E-state index is 0.432. The molecule has 2 aromatic heterocycles. The van der Waals surface area contributed by atoms with Gasteiger partial charge in [0.1, 0.15) is 5.82 Å². The van der Waals surface area contributed by atoms with Crippen molar-refractivity contribution in [3.05, 3.63) is 59.4 Å². The minimum absolute atomic E-state index is 0.432. The van der Waals surface area contributed by atoms with Gasteiger partial charge in [-0.25, -0.2) is 4.98 Å². The third kappa shape index (κ3) is 2.96. The Bertz CT molecular complexity index is 1040. The quantitative estimate of drug-likeness (QED) is 0.556. The number of fused-ring (bicyclic) bond motifs is 1. The maximum atomic E-state index is 6.02. The van der Waals surface area contributed by atoms with Gasteiger partial charge in [-0.3, -0.25) is 0 Å². The average Bonchev–Trinajstić information content (AvgIpc) is 3.21. The van der Waals surface area contributed by atoms with Crippen molar-refractivity contribution in [3.8, 4) is 11.4 Å². The number of hydrogen-bond acceptors (Lipinski definition) is 5. The lowest BCUT2D eigenvalue weighted by molar-refractivity contribution is 0.417. The summed E-state index contributed by atoms with van der Waals surface area (Å²) in [5, 5.41) is 4.68. The van der Waals surface area contributed by atoms with Crippen LogP contribution in [0.4, 0.5) is 6.01 Å². The summed E-state index contributed by atoms with van der Waals surface area (Å²) in [6.07, 6.45) is 0. The molecular formula is C18H16ClN5O. The molecular weight excluding hydrogens is 338 g/mol. The summed E-state index contributed by atoms with van der Waals surface area (Å²) in [5.74, 6) is 1.43. The highest BCUT2D eigenvalue weighted by Crippen LogP contribution is 2.23. The largest absolute Gasteiger partial charge is 0.330 e. The van der Waals surface area contributed by atoms with Crippen LogP contribution in [0.3, 0.4) is 0 Å². The molecule has 0 aliphatic carbocycles. The van der Waals surface area contributed by atoms with Crippen LogP contribution in [-0.2, 0) is 13.6 Å². The molecule has 0 aliphatic heterocycles. The van der Waals surface area contributed by atoms with E-state index in [1.807, 2.05) is 61.5 Å². The van der Waals surface area contributed by atoms with Gasteiger partial charge in [0.25, 0.3) is 0 Å². The number of anilines is 1. The van der Waals surface area contributed by atoms with Gasteiger partial charge in [-0.15, -0.1) is 0 Å². The van der Waals surface area contributed by atoms with Gasteiger partial charge in [0.15, 0.2) is 0 Å². The van der Waals surface area contributed by atoms with Crippen molar-refractivity contribution in [2.75, 3.05) is 11.9 Å². The van der Waals surface area contributed by atoms with E-state index < -0.39 is 0 Å². The monoisotopic (exact) mass is 353 g/mol. The molecule has 2 heterocycles. The molecule has 0 fully saturated rings. The van der Waals surface area contributed by atoms with Gasteiger partial charge in [-0.1, -0.05) is 41.0 Å². The molecule has 0 atom stereocenters. The Balaban J connectivity index is 1.59. The standard InChI is InChI=1S/C18H16ClN5O/c1-23(11-16-20-14-8-3-4-9-15(14)24(16)2)18-21-17(22-25-18)12-6-5-7-13(19)10-12/h3-10H,11H2,1-2H3. The first-order chi connectivity index (χ1) is 12.1. The fourth-order valence-electron chi connectivity index (χ4n) is 2.73. The molecule has 6 nitrogen and oxygen atoms in total. The highest BCUT2D eigenvalue weighted by atomic mass is 35.5. The fourth-order valence-corrected chi connectivity index (χ4v) is 2.92. The SMILES string of the molecule is CN(Cc1nc2ccccc2n1C)c1nc(-c2cccc(Cl)c2)no1. The second kappa shape index (κ2) is 6.22. The molecule has 126 valence electrons. The van der Waals surface area contributed by atoms with Gasteiger partial charge in [0.2, 0.25) is 5.82 Å². The van der Waals surface area contributed by atoms with Crippen LogP contribution in [0.2, 0.25) is 5.02 Å². The summed E-state index contributed by atoms with van der Waals surface area (Å²) < 4.78 is 7.46. The molecule has 0 N–H and O–H groups in total. The number of imidazole rings is 1. The molecule has 0 saturated heterocycles. The highest BCUT2D eigenvalue weighted by Gasteiger charge is 2.16. The van der Waals surface area contributed by atoms with E-state index in [1.54, 1.807) is 0 Å². The molecule has 0 aliphatic rings. The number of para-hydroxylation sites is 2. The first-order valence-electron chi connectivity index (χ1n) is 7.83. The first-order valence-corrected chi connectivity index (χ1v) is 8.21. The summed E-state index contributed by atoms with van der Waals surface area (Å²) in [6, 6.07) is 15.8. The molecule has 25 heavy (non-hydrogen) atoms. The zero-order chi connectivity index (χ0) is 17.4. The zero-order valence-electron chi connectivity index (χ0n) is 13.8. The van der Waals surface area contributed by atoms with E-state index in [0.29, 0.717) is 23.4 Å². The lowest BCUT2D eigenvalue weighted by Gasteiger charge is -2.13. The van der Waals surface area contributed by atoms with Gasteiger partial charge in [-0.2, -0.15) is 4.98 Å². The number of aromatic nitrogens is 4. The smallest absolute Gasteiger partial charge is 0.324 e. The van der Waals surface area contributed by atoms with E-state index in [-0.39, 0.29) is 0 Å². The molecule has 0 saturated carbocycles. The predicted octanol–water partition coefficient (Wildman–Crippen LogP) is 3.91. The van der Waals surface area contributed by atoms with Crippen molar-refractivity contribution in [3.63, 3.8) is 0 Å². The molecule has 0 bridgehead atoms. The molecule has 0 amide bonds. The molecule has 0 radical (unpaired) electrons. The second-order valence-corrected chi connectivity index (χ2v) is 6.28. The van der Waals surface area contributed by atoms with Crippen LogP contribution in [0.1, 0.15) is 5.82 Å². The van der Waals surface area contributed by atoms with Crippen molar-refractivity contribution in [2.24, 2.45) is 7.05 Å². The second-order valence-electron chi connectivity index (χ2n) is 5.84. The Morgan fingerprint density at radius 2 is 1.96 bits per heavy atom. The normalized spacial score (nSPS) is 11.2. The molecule has 0 unspecified atom stereocenters. The van der Waals surface area contributed by atoms with Crippen molar-refractivity contribution in [1.29, 1.82) is 0 Å². The van der Waals surface area contributed by atoms with E-state index in [0.717, 1.165) is 22.4 Å². The van der Waals surface area contributed by atoms with Gasteiger partial charge in [0, 0.05) is 24.7 Å². The van der Waals surface area contributed by atoms with E-state index in [4.69, 9.17) is 16.1 Å². The van der Waals surface area contributed by atoms with Gasteiger partial charge in [0.05, 0.1) is 17.6 Å². The number of rotatable bonds is 4. The highest BCUT2D eigenvalue weighted by molar-refractivity contribution is 6.30. The van der Waals surface area contributed by atoms with Crippen LogP contribution >= 0.6 is 11.6 Å². The third-order valence-electron chi connectivity index (χ3n) is 4.08. The van der Waals surface area contributed by atoms with Crippen LogP contribution in [0.5, 0.6) is 0 Å². The van der Waals surface area contributed by atoms with Crippen LogP contribution in [0.25, 0.3) is 22.4 Å². The maximum absolute atomic E-state index is 6.02. The Hall–Kier alpha value is -2.86. The van der Waals surface area contributed by atoms with Crippen molar-refractivity contribution in [1.82, 2.24) is 19.7 Å². The third-order valence-corrected chi connectivity index (χ3v) is 4.32.